The summed E-state index contributed by atoms with van der Waals surface area (Å²) in [6.07, 6.45) is 1.60. The van der Waals surface area contributed by atoms with Gasteiger partial charge in [0.1, 0.15) is 11.6 Å². The molecule has 4 heteroatoms. The minimum absolute atomic E-state index is 0.800. The Morgan fingerprint density at radius 2 is 0.941 bits per heavy atom. The molecule has 2 aromatic heterocycles. The van der Waals surface area contributed by atoms with E-state index < -0.39 is 0 Å². The van der Waals surface area contributed by atoms with Crippen LogP contribution < -0.4 is 0 Å². The fourth-order valence-corrected chi connectivity index (χ4v) is 4.45. The number of hydrogen-bond acceptors (Lipinski definition) is 2. The topological polar surface area (TPSA) is 57.4 Å². The van der Waals surface area contributed by atoms with E-state index in [4.69, 9.17) is 9.97 Å². The van der Waals surface area contributed by atoms with E-state index in [1.165, 1.54) is 22.3 Å². The molecule has 0 aliphatic carbocycles. The van der Waals surface area contributed by atoms with Gasteiger partial charge in [-0.05, 0) is 60.4 Å². The number of aryl methyl sites for hydroxylation is 2. The Hall–Kier alpha value is -4.18. The van der Waals surface area contributed by atoms with Gasteiger partial charge in [-0.2, -0.15) is 0 Å². The van der Waals surface area contributed by atoms with E-state index >= 15 is 0 Å². The number of benzene rings is 4. The van der Waals surface area contributed by atoms with Crippen LogP contribution in [0.3, 0.4) is 0 Å². The van der Waals surface area contributed by atoms with E-state index in [9.17, 15) is 0 Å². The molecule has 0 unspecified atom stereocenters. The van der Waals surface area contributed by atoms with Crippen molar-refractivity contribution in [1.29, 1.82) is 0 Å². The van der Waals surface area contributed by atoms with Crippen LogP contribution in [0.4, 0.5) is 0 Å². The third-order valence-corrected chi connectivity index (χ3v) is 6.38. The Kier molecular flexibility index (Phi) is 4.99. The molecule has 0 radical (unpaired) electrons. The lowest BCUT2D eigenvalue weighted by Crippen LogP contribution is -1.90. The molecule has 0 spiro atoms. The molecule has 6 rings (SSSR count). The van der Waals surface area contributed by atoms with Gasteiger partial charge in [-0.1, -0.05) is 71.8 Å². The smallest absolute Gasteiger partial charge is 0.111 e. The summed E-state index contributed by atoms with van der Waals surface area (Å²) in [6.45, 7) is 4.22. The summed E-state index contributed by atoms with van der Waals surface area (Å²) in [5.41, 5.74) is 11.5. The second-order valence-electron chi connectivity index (χ2n) is 9.16. The highest BCUT2D eigenvalue weighted by Gasteiger charge is 2.09. The van der Waals surface area contributed by atoms with Crippen LogP contribution in [0.15, 0.2) is 84.9 Å². The summed E-state index contributed by atoms with van der Waals surface area (Å²) in [5.74, 6) is 1.97. The van der Waals surface area contributed by atoms with Crippen molar-refractivity contribution < 1.29 is 0 Å². The van der Waals surface area contributed by atoms with Gasteiger partial charge >= 0.3 is 0 Å². The SMILES string of the molecule is Cc1ccc(Cc2nc3ccc(-c4ccc5nc(Cc6ccc(C)cc6)[nH]c5c4)cc3[nH]2)cc1. The van der Waals surface area contributed by atoms with Gasteiger partial charge in [0.15, 0.2) is 0 Å². The first kappa shape index (κ1) is 20.4. The van der Waals surface area contributed by atoms with Crippen molar-refractivity contribution in [3.05, 3.63) is 119 Å². The highest BCUT2D eigenvalue weighted by Crippen LogP contribution is 2.27. The summed E-state index contributed by atoms with van der Waals surface area (Å²) < 4.78 is 0. The van der Waals surface area contributed by atoms with Crippen LogP contribution in [0.1, 0.15) is 33.9 Å². The second kappa shape index (κ2) is 8.31. The molecule has 0 bridgehead atoms. The monoisotopic (exact) mass is 442 g/mol. The minimum atomic E-state index is 0.800. The molecule has 6 aromatic rings. The average molecular weight is 443 g/mol. The van der Waals surface area contributed by atoms with Gasteiger partial charge in [-0.3, -0.25) is 0 Å². The van der Waals surface area contributed by atoms with Crippen molar-refractivity contribution in [1.82, 2.24) is 19.9 Å². The maximum Gasteiger partial charge on any atom is 0.111 e. The standard InChI is InChI=1S/C30H26N4/c1-19-3-7-21(8-4-19)15-29-31-25-13-11-23(17-27(25)33-29)24-12-14-26-28(18-24)34-30(32-26)16-22-9-5-20(2)6-10-22/h3-14,17-18H,15-16H2,1-2H3,(H,31,33)(H,32,34). The predicted molar refractivity (Wildman–Crippen MR) is 139 cm³/mol. The lowest BCUT2D eigenvalue weighted by atomic mass is 10.0. The average Bonchev–Trinajstić information content (AvgIpc) is 3.43. The number of imidazole rings is 2. The molecule has 0 aliphatic rings. The van der Waals surface area contributed by atoms with Crippen LogP contribution in [0.5, 0.6) is 0 Å². The Labute approximate surface area is 198 Å². The van der Waals surface area contributed by atoms with Crippen molar-refractivity contribution >= 4 is 22.1 Å². The molecule has 2 N–H and O–H groups in total. The van der Waals surface area contributed by atoms with Gasteiger partial charge in [0.25, 0.3) is 0 Å². The first-order valence-electron chi connectivity index (χ1n) is 11.7. The molecule has 0 atom stereocenters. The number of H-pyrrole nitrogens is 2. The van der Waals surface area contributed by atoms with E-state index in [1.54, 1.807) is 0 Å². The van der Waals surface area contributed by atoms with E-state index in [-0.39, 0.29) is 0 Å². The zero-order valence-corrected chi connectivity index (χ0v) is 19.4. The summed E-state index contributed by atoms with van der Waals surface area (Å²) in [7, 11) is 0. The molecule has 4 nitrogen and oxygen atoms in total. The number of nitrogens with zero attached hydrogens (tertiary/aromatic N) is 2. The summed E-state index contributed by atoms with van der Waals surface area (Å²) in [5, 5.41) is 0. The molecule has 34 heavy (non-hydrogen) atoms. The fourth-order valence-electron chi connectivity index (χ4n) is 4.45. The first-order chi connectivity index (χ1) is 16.6. The summed E-state index contributed by atoms with van der Waals surface area (Å²) >= 11 is 0. The van der Waals surface area contributed by atoms with Crippen molar-refractivity contribution in [3.8, 4) is 11.1 Å². The van der Waals surface area contributed by atoms with Crippen molar-refractivity contribution in [3.63, 3.8) is 0 Å². The Morgan fingerprint density at radius 3 is 1.35 bits per heavy atom. The molecule has 4 aromatic carbocycles. The summed E-state index contributed by atoms with van der Waals surface area (Å²) in [6, 6.07) is 30.1. The fraction of sp³-hybridized carbons (Fsp3) is 0.133. The Morgan fingerprint density at radius 1 is 0.529 bits per heavy atom. The third kappa shape index (κ3) is 4.11. The van der Waals surface area contributed by atoms with Gasteiger partial charge < -0.3 is 9.97 Å². The van der Waals surface area contributed by atoms with E-state index in [1.807, 2.05) is 0 Å². The van der Waals surface area contributed by atoms with Gasteiger partial charge in [-0.15, -0.1) is 0 Å². The maximum atomic E-state index is 4.79. The molecule has 0 saturated heterocycles. The van der Waals surface area contributed by atoms with Crippen LogP contribution in [-0.2, 0) is 12.8 Å². The molecule has 0 fully saturated rings. The van der Waals surface area contributed by atoms with Crippen LogP contribution in [0, 0.1) is 13.8 Å². The van der Waals surface area contributed by atoms with E-state index in [2.05, 4.69) is 109 Å². The van der Waals surface area contributed by atoms with Gasteiger partial charge in [-0.25, -0.2) is 9.97 Å². The highest BCUT2D eigenvalue weighted by atomic mass is 14.9. The Bertz CT molecular complexity index is 1480. The zero-order chi connectivity index (χ0) is 23.1. The number of aromatic amines is 2. The molecule has 0 amide bonds. The number of hydrogen-bond donors (Lipinski definition) is 2. The quantitative estimate of drug-likeness (QED) is 0.305. The molecule has 0 saturated carbocycles. The Balaban J connectivity index is 1.27. The van der Waals surface area contributed by atoms with Crippen LogP contribution in [-0.4, -0.2) is 19.9 Å². The predicted octanol–water partition coefficient (Wildman–Crippen LogP) is 6.90. The molecule has 0 aliphatic heterocycles. The number of rotatable bonds is 5. The van der Waals surface area contributed by atoms with Gasteiger partial charge in [0.2, 0.25) is 0 Å². The van der Waals surface area contributed by atoms with Gasteiger partial charge in [0.05, 0.1) is 22.1 Å². The van der Waals surface area contributed by atoms with Crippen LogP contribution in [0.25, 0.3) is 33.2 Å². The summed E-state index contributed by atoms with van der Waals surface area (Å²) in [4.78, 5) is 16.6. The molecule has 2 heterocycles. The highest BCUT2D eigenvalue weighted by molar-refractivity contribution is 5.86. The largest absolute Gasteiger partial charge is 0.342 e. The zero-order valence-electron chi connectivity index (χ0n) is 19.4. The number of fused-ring (bicyclic) bond motifs is 2. The first-order valence-corrected chi connectivity index (χ1v) is 11.7. The van der Waals surface area contributed by atoms with Crippen molar-refractivity contribution in [2.75, 3.05) is 0 Å². The lowest BCUT2D eigenvalue weighted by Gasteiger charge is -2.02. The number of nitrogens with one attached hydrogen (secondary N) is 2. The maximum absolute atomic E-state index is 4.79. The van der Waals surface area contributed by atoms with Crippen LogP contribution >= 0.6 is 0 Å². The lowest BCUT2D eigenvalue weighted by molar-refractivity contribution is 1.04. The van der Waals surface area contributed by atoms with Crippen molar-refractivity contribution in [2.24, 2.45) is 0 Å². The second-order valence-corrected chi connectivity index (χ2v) is 9.16. The van der Waals surface area contributed by atoms with Gasteiger partial charge in [0, 0.05) is 12.8 Å². The number of aromatic nitrogens is 4. The minimum Gasteiger partial charge on any atom is -0.342 e. The molecular weight excluding hydrogens is 416 g/mol. The molecular formula is C30H26N4. The van der Waals surface area contributed by atoms with E-state index in [0.29, 0.717) is 0 Å². The molecule has 166 valence electrons. The van der Waals surface area contributed by atoms with Crippen LogP contribution in [0.2, 0.25) is 0 Å². The third-order valence-electron chi connectivity index (χ3n) is 6.38. The van der Waals surface area contributed by atoms with E-state index in [0.717, 1.165) is 57.7 Å². The normalized spacial score (nSPS) is 11.5. The van der Waals surface area contributed by atoms with Crippen molar-refractivity contribution in [2.45, 2.75) is 26.7 Å².